The van der Waals surface area contributed by atoms with Gasteiger partial charge in [0.1, 0.15) is 19.3 Å². The summed E-state index contributed by atoms with van der Waals surface area (Å²) in [6, 6.07) is -0.706. The minimum Gasteiger partial charge on any atom is -0.460 e. The van der Waals surface area contributed by atoms with E-state index in [-0.39, 0.29) is 19.1 Å². The minimum atomic E-state index is -0.706. The standard InChI is InChI=1S/C13H21NO4/c1-5-7-17-12(15)11(9-10(3)4)14-13(16)18-8-6-2/h5-6,10-11H,1-2,7-9H2,3-4H3,(H,14,16). The molecule has 5 nitrogen and oxygen atoms in total. The van der Waals surface area contributed by atoms with Crippen LogP contribution >= 0.6 is 0 Å². The first kappa shape index (κ1) is 16.2. The third-order valence-electron chi connectivity index (χ3n) is 1.96. The molecule has 0 saturated heterocycles. The second-order valence-corrected chi connectivity index (χ2v) is 4.13. The van der Waals surface area contributed by atoms with Crippen LogP contribution in [0.2, 0.25) is 0 Å². The quantitative estimate of drug-likeness (QED) is 0.532. The van der Waals surface area contributed by atoms with Crippen LogP contribution in [0.1, 0.15) is 20.3 Å². The molecule has 0 spiro atoms. The summed E-state index contributed by atoms with van der Waals surface area (Å²) in [4.78, 5) is 23.0. The Morgan fingerprint density at radius 3 is 2.22 bits per heavy atom. The number of rotatable bonds is 8. The van der Waals surface area contributed by atoms with E-state index >= 15 is 0 Å². The number of hydrogen-bond donors (Lipinski definition) is 1. The van der Waals surface area contributed by atoms with Crippen molar-refractivity contribution in [2.45, 2.75) is 26.3 Å². The summed E-state index contributed by atoms with van der Waals surface area (Å²) in [6.07, 6.45) is 2.75. The van der Waals surface area contributed by atoms with E-state index in [1.807, 2.05) is 13.8 Å². The number of nitrogens with one attached hydrogen (secondary N) is 1. The van der Waals surface area contributed by atoms with E-state index in [4.69, 9.17) is 9.47 Å². The fourth-order valence-corrected chi connectivity index (χ4v) is 1.25. The van der Waals surface area contributed by atoms with Gasteiger partial charge in [0.15, 0.2) is 0 Å². The van der Waals surface area contributed by atoms with Gasteiger partial charge in [-0.05, 0) is 12.3 Å². The number of carbonyl (C=O) groups excluding carboxylic acids is 2. The van der Waals surface area contributed by atoms with Crippen molar-refractivity contribution < 1.29 is 19.1 Å². The largest absolute Gasteiger partial charge is 0.460 e. The molecule has 0 aliphatic heterocycles. The number of carbonyl (C=O) groups is 2. The Bertz CT molecular complexity index is 299. The maximum atomic E-state index is 11.7. The summed E-state index contributed by atoms with van der Waals surface area (Å²) >= 11 is 0. The molecule has 5 heteroatoms. The highest BCUT2D eigenvalue weighted by molar-refractivity contribution is 5.81. The van der Waals surface area contributed by atoms with Gasteiger partial charge in [-0.1, -0.05) is 39.2 Å². The van der Waals surface area contributed by atoms with Gasteiger partial charge in [0.05, 0.1) is 0 Å². The van der Waals surface area contributed by atoms with Crippen molar-refractivity contribution in [1.29, 1.82) is 0 Å². The Morgan fingerprint density at radius 1 is 1.17 bits per heavy atom. The van der Waals surface area contributed by atoms with Crippen molar-refractivity contribution in [3.05, 3.63) is 25.3 Å². The van der Waals surface area contributed by atoms with Crippen LogP contribution in [0.4, 0.5) is 4.79 Å². The van der Waals surface area contributed by atoms with Gasteiger partial charge >= 0.3 is 12.1 Å². The molecule has 0 bridgehead atoms. The highest BCUT2D eigenvalue weighted by Crippen LogP contribution is 2.07. The lowest BCUT2D eigenvalue weighted by atomic mass is 10.0. The number of ether oxygens (including phenoxy) is 2. The fraction of sp³-hybridized carbons (Fsp3) is 0.538. The predicted molar refractivity (Wildman–Crippen MR) is 69.1 cm³/mol. The monoisotopic (exact) mass is 255 g/mol. The van der Waals surface area contributed by atoms with Gasteiger partial charge in [-0.25, -0.2) is 9.59 Å². The molecule has 102 valence electrons. The zero-order valence-corrected chi connectivity index (χ0v) is 11.0. The summed E-state index contributed by atoms with van der Waals surface area (Å²) in [6.45, 7) is 11.0. The average Bonchev–Trinajstić information content (AvgIpc) is 2.32. The second kappa shape index (κ2) is 9.27. The summed E-state index contributed by atoms with van der Waals surface area (Å²) < 4.78 is 9.67. The normalized spacial score (nSPS) is 11.5. The van der Waals surface area contributed by atoms with Crippen LogP contribution in [0, 0.1) is 5.92 Å². The van der Waals surface area contributed by atoms with Gasteiger partial charge < -0.3 is 14.8 Å². The van der Waals surface area contributed by atoms with E-state index < -0.39 is 18.1 Å². The summed E-state index contributed by atoms with van der Waals surface area (Å²) in [5.41, 5.74) is 0. The number of hydrogen-bond acceptors (Lipinski definition) is 4. The Kier molecular flexibility index (Phi) is 8.35. The molecule has 1 atom stereocenters. The van der Waals surface area contributed by atoms with Crippen LogP contribution in [0.25, 0.3) is 0 Å². The van der Waals surface area contributed by atoms with Crippen LogP contribution in [0.3, 0.4) is 0 Å². The average molecular weight is 255 g/mol. The number of amides is 1. The lowest BCUT2D eigenvalue weighted by Crippen LogP contribution is -2.43. The van der Waals surface area contributed by atoms with E-state index in [1.165, 1.54) is 12.2 Å². The summed E-state index contributed by atoms with van der Waals surface area (Å²) in [5.74, 6) is -0.245. The summed E-state index contributed by atoms with van der Waals surface area (Å²) in [5, 5.41) is 2.47. The van der Waals surface area contributed by atoms with E-state index in [9.17, 15) is 9.59 Å². The van der Waals surface area contributed by atoms with Crippen molar-refractivity contribution in [3.63, 3.8) is 0 Å². The molecule has 0 aromatic rings. The smallest absolute Gasteiger partial charge is 0.408 e. The van der Waals surface area contributed by atoms with Gasteiger partial charge in [-0.2, -0.15) is 0 Å². The SMILES string of the molecule is C=CCOC(=O)NC(CC(C)C)C(=O)OCC=C. The topological polar surface area (TPSA) is 64.6 Å². The molecule has 0 heterocycles. The maximum absolute atomic E-state index is 11.7. The third-order valence-corrected chi connectivity index (χ3v) is 1.96. The van der Waals surface area contributed by atoms with Crippen molar-refractivity contribution in [1.82, 2.24) is 5.32 Å². The highest BCUT2D eigenvalue weighted by atomic mass is 16.6. The van der Waals surface area contributed by atoms with Crippen LogP contribution in [0.15, 0.2) is 25.3 Å². The van der Waals surface area contributed by atoms with E-state index in [0.29, 0.717) is 6.42 Å². The van der Waals surface area contributed by atoms with Crippen molar-refractivity contribution in [3.8, 4) is 0 Å². The van der Waals surface area contributed by atoms with Gasteiger partial charge in [-0.15, -0.1) is 0 Å². The number of alkyl carbamates (subject to hydrolysis) is 1. The Morgan fingerprint density at radius 2 is 1.72 bits per heavy atom. The molecule has 1 amide bonds. The molecule has 0 saturated carbocycles. The predicted octanol–water partition coefficient (Wildman–Crippen LogP) is 2.04. The van der Waals surface area contributed by atoms with Crippen LogP contribution in [-0.4, -0.2) is 31.3 Å². The molecule has 0 radical (unpaired) electrons. The first-order valence-corrected chi connectivity index (χ1v) is 5.83. The van der Waals surface area contributed by atoms with Crippen LogP contribution in [0.5, 0.6) is 0 Å². The van der Waals surface area contributed by atoms with Gasteiger partial charge in [0.2, 0.25) is 0 Å². The maximum Gasteiger partial charge on any atom is 0.408 e. The van der Waals surface area contributed by atoms with Crippen molar-refractivity contribution >= 4 is 12.1 Å². The molecule has 1 unspecified atom stereocenters. The van der Waals surface area contributed by atoms with Gasteiger partial charge in [0.25, 0.3) is 0 Å². The zero-order valence-electron chi connectivity index (χ0n) is 11.0. The minimum absolute atomic E-state index is 0.0991. The number of esters is 1. The lowest BCUT2D eigenvalue weighted by Gasteiger charge is -2.18. The van der Waals surface area contributed by atoms with E-state index in [1.54, 1.807) is 0 Å². The Hall–Kier alpha value is -1.78. The summed E-state index contributed by atoms with van der Waals surface area (Å²) in [7, 11) is 0. The highest BCUT2D eigenvalue weighted by Gasteiger charge is 2.23. The molecular weight excluding hydrogens is 234 g/mol. The molecule has 0 aromatic carbocycles. The van der Waals surface area contributed by atoms with Crippen LogP contribution in [-0.2, 0) is 14.3 Å². The molecule has 0 aliphatic carbocycles. The first-order valence-electron chi connectivity index (χ1n) is 5.83. The molecule has 0 rings (SSSR count). The fourth-order valence-electron chi connectivity index (χ4n) is 1.25. The molecular formula is C13H21NO4. The first-order chi connectivity index (χ1) is 8.51. The Balaban J connectivity index is 4.37. The molecule has 18 heavy (non-hydrogen) atoms. The van der Waals surface area contributed by atoms with E-state index in [2.05, 4.69) is 18.5 Å². The van der Waals surface area contributed by atoms with Crippen molar-refractivity contribution in [2.75, 3.05) is 13.2 Å². The molecule has 0 aromatic heterocycles. The third kappa shape index (κ3) is 7.49. The second-order valence-electron chi connectivity index (χ2n) is 4.13. The van der Waals surface area contributed by atoms with Crippen molar-refractivity contribution in [2.24, 2.45) is 5.92 Å². The molecule has 0 fully saturated rings. The molecule has 1 N–H and O–H groups in total. The van der Waals surface area contributed by atoms with Gasteiger partial charge in [0, 0.05) is 0 Å². The van der Waals surface area contributed by atoms with E-state index in [0.717, 1.165) is 0 Å². The lowest BCUT2D eigenvalue weighted by molar-refractivity contribution is -0.145. The zero-order chi connectivity index (χ0) is 14.0. The van der Waals surface area contributed by atoms with Gasteiger partial charge in [-0.3, -0.25) is 0 Å². The Labute approximate surface area is 108 Å². The molecule has 0 aliphatic rings. The van der Waals surface area contributed by atoms with Crippen LogP contribution < -0.4 is 5.32 Å².